The van der Waals surface area contributed by atoms with E-state index in [1.807, 2.05) is 0 Å². The SMILES string of the molecule is CCNC(=NCC1(c2ccccc2)CCOCC1)NCCc1c[nH]c2ccccc12.I. The highest BCUT2D eigenvalue weighted by Gasteiger charge is 2.34. The molecule has 0 radical (unpaired) electrons. The maximum absolute atomic E-state index is 5.66. The van der Waals surface area contributed by atoms with Gasteiger partial charge in [0.2, 0.25) is 0 Å². The van der Waals surface area contributed by atoms with Crippen molar-refractivity contribution in [3.63, 3.8) is 0 Å². The summed E-state index contributed by atoms with van der Waals surface area (Å²) in [6.45, 7) is 6.17. The zero-order chi connectivity index (χ0) is 20.7. The van der Waals surface area contributed by atoms with Gasteiger partial charge in [0.15, 0.2) is 5.96 Å². The molecule has 166 valence electrons. The number of fused-ring (bicyclic) bond motifs is 1. The number of benzene rings is 2. The van der Waals surface area contributed by atoms with Crippen molar-refractivity contribution in [3.8, 4) is 0 Å². The third-order valence-corrected chi connectivity index (χ3v) is 6.08. The second-order valence-electron chi connectivity index (χ2n) is 7.99. The molecule has 1 aliphatic heterocycles. The number of nitrogens with zero attached hydrogens (tertiary/aromatic N) is 1. The van der Waals surface area contributed by atoms with Crippen LogP contribution >= 0.6 is 24.0 Å². The first-order valence-corrected chi connectivity index (χ1v) is 11.0. The van der Waals surface area contributed by atoms with Crippen LogP contribution in [0.5, 0.6) is 0 Å². The lowest BCUT2D eigenvalue weighted by molar-refractivity contribution is 0.0531. The maximum atomic E-state index is 5.66. The molecule has 31 heavy (non-hydrogen) atoms. The molecule has 6 heteroatoms. The summed E-state index contributed by atoms with van der Waals surface area (Å²) in [5.41, 5.74) is 3.95. The molecule has 4 rings (SSSR count). The normalized spacial score (nSPS) is 16.0. The summed E-state index contributed by atoms with van der Waals surface area (Å²) < 4.78 is 5.66. The van der Waals surface area contributed by atoms with Gasteiger partial charge in [0.05, 0.1) is 6.54 Å². The van der Waals surface area contributed by atoms with Crippen molar-refractivity contribution in [3.05, 3.63) is 71.9 Å². The first-order chi connectivity index (χ1) is 14.8. The van der Waals surface area contributed by atoms with Crippen molar-refractivity contribution in [2.75, 3.05) is 32.8 Å². The molecule has 2 heterocycles. The van der Waals surface area contributed by atoms with E-state index in [1.165, 1.54) is 22.0 Å². The third kappa shape index (κ3) is 5.80. The summed E-state index contributed by atoms with van der Waals surface area (Å²) in [4.78, 5) is 8.36. The number of guanidine groups is 1. The Balaban J connectivity index is 0.00000272. The summed E-state index contributed by atoms with van der Waals surface area (Å²) in [6.07, 6.45) is 5.08. The quantitative estimate of drug-likeness (QED) is 0.236. The van der Waals surface area contributed by atoms with Crippen LogP contribution in [-0.2, 0) is 16.6 Å². The molecular weight excluding hydrogens is 499 g/mol. The summed E-state index contributed by atoms with van der Waals surface area (Å²) in [5.74, 6) is 0.888. The van der Waals surface area contributed by atoms with Crippen LogP contribution in [0.3, 0.4) is 0 Å². The molecule has 0 spiro atoms. The molecule has 0 aliphatic carbocycles. The standard InChI is InChI=1S/C25H32N4O.HI/c1-2-26-24(27-15-12-20-18-28-23-11-7-6-10-22(20)23)29-19-25(13-16-30-17-14-25)21-8-4-3-5-9-21;/h3-11,18,28H,2,12-17,19H2,1H3,(H2,26,27,29);1H. The highest BCUT2D eigenvalue weighted by molar-refractivity contribution is 14.0. The number of rotatable bonds is 7. The highest BCUT2D eigenvalue weighted by atomic mass is 127. The molecule has 0 saturated carbocycles. The topological polar surface area (TPSA) is 61.4 Å². The van der Waals surface area contributed by atoms with Gasteiger partial charge in [-0.3, -0.25) is 4.99 Å². The fourth-order valence-electron chi connectivity index (χ4n) is 4.32. The van der Waals surface area contributed by atoms with E-state index in [9.17, 15) is 0 Å². The lowest BCUT2D eigenvalue weighted by Crippen LogP contribution is -2.41. The van der Waals surface area contributed by atoms with Gasteiger partial charge in [-0.05, 0) is 43.4 Å². The van der Waals surface area contributed by atoms with E-state index in [1.54, 1.807) is 0 Å². The Hall–Kier alpha value is -2.06. The van der Waals surface area contributed by atoms with Crippen LogP contribution < -0.4 is 10.6 Å². The number of hydrogen-bond donors (Lipinski definition) is 3. The molecule has 0 unspecified atom stereocenters. The molecular formula is C25H33IN4O. The highest BCUT2D eigenvalue weighted by Crippen LogP contribution is 2.35. The molecule has 0 bridgehead atoms. The molecule has 0 atom stereocenters. The lowest BCUT2D eigenvalue weighted by atomic mass is 9.74. The lowest BCUT2D eigenvalue weighted by Gasteiger charge is -2.36. The van der Waals surface area contributed by atoms with Crippen LogP contribution in [-0.4, -0.2) is 43.8 Å². The van der Waals surface area contributed by atoms with E-state index >= 15 is 0 Å². The van der Waals surface area contributed by atoms with E-state index in [0.717, 1.165) is 58.1 Å². The predicted octanol–water partition coefficient (Wildman–Crippen LogP) is 4.63. The minimum Gasteiger partial charge on any atom is -0.381 e. The molecule has 1 saturated heterocycles. The van der Waals surface area contributed by atoms with Crippen LogP contribution in [0, 0.1) is 0 Å². The number of aromatic nitrogens is 1. The Labute approximate surface area is 202 Å². The Kier molecular flexibility index (Phi) is 8.78. The van der Waals surface area contributed by atoms with Crippen molar-refractivity contribution in [2.45, 2.75) is 31.6 Å². The van der Waals surface area contributed by atoms with E-state index in [4.69, 9.17) is 9.73 Å². The Morgan fingerprint density at radius 2 is 1.77 bits per heavy atom. The minimum atomic E-state index is 0. The van der Waals surface area contributed by atoms with E-state index in [2.05, 4.69) is 83.3 Å². The van der Waals surface area contributed by atoms with E-state index in [-0.39, 0.29) is 29.4 Å². The maximum Gasteiger partial charge on any atom is 0.191 e. The van der Waals surface area contributed by atoms with Gasteiger partial charge in [-0.25, -0.2) is 0 Å². The van der Waals surface area contributed by atoms with Crippen LogP contribution in [0.25, 0.3) is 10.9 Å². The molecule has 1 aliphatic rings. The van der Waals surface area contributed by atoms with Gasteiger partial charge in [0.25, 0.3) is 0 Å². The number of aliphatic imine (C=N–C) groups is 1. The third-order valence-electron chi connectivity index (χ3n) is 6.08. The first-order valence-electron chi connectivity index (χ1n) is 11.0. The van der Waals surface area contributed by atoms with Gasteiger partial charge in [-0.2, -0.15) is 0 Å². The van der Waals surface area contributed by atoms with Crippen molar-refractivity contribution in [1.29, 1.82) is 0 Å². The van der Waals surface area contributed by atoms with Crippen LogP contribution in [0.4, 0.5) is 0 Å². The van der Waals surface area contributed by atoms with Crippen LogP contribution in [0.15, 0.2) is 65.8 Å². The van der Waals surface area contributed by atoms with Gasteiger partial charge in [0.1, 0.15) is 0 Å². The smallest absolute Gasteiger partial charge is 0.191 e. The Morgan fingerprint density at radius 1 is 1.03 bits per heavy atom. The number of hydrogen-bond acceptors (Lipinski definition) is 2. The van der Waals surface area contributed by atoms with Gasteiger partial charge < -0.3 is 20.4 Å². The van der Waals surface area contributed by atoms with Gasteiger partial charge in [-0.15, -0.1) is 24.0 Å². The predicted molar refractivity (Wildman–Crippen MR) is 140 cm³/mol. The number of ether oxygens (including phenoxy) is 1. The van der Waals surface area contributed by atoms with Crippen molar-refractivity contribution in [2.24, 2.45) is 4.99 Å². The molecule has 0 amide bonds. The first kappa shape index (κ1) is 23.6. The van der Waals surface area contributed by atoms with Gasteiger partial charge in [-0.1, -0.05) is 48.5 Å². The van der Waals surface area contributed by atoms with E-state index in [0.29, 0.717) is 0 Å². The van der Waals surface area contributed by atoms with E-state index < -0.39 is 0 Å². The summed E-state index contributed by atoms with van der Waals surface area (Å²) in [7, 11) is 0. The number of nitrogens with one attached hydrogen (secondary N) is 3. The monoisotopic (exact) mass is 532 g/mol. The molecule has 2 aromatic carbocycles. The number of aromatic amines is 1. The van der Waals surface area contributed by atoms with Crippen molar-refractivity contribution in [1.82, 2.24) is 15.6 Å². The number of halogens is 1. The van der Waals surface area contributed by atoms with Gasteiger partial charge >= 0.3 is 0 Å². The zero-order valence-corrected chi connectivity index (χ0v) is 20.5. The second kappa shape index (κ2) is 11.5. The molecule has 3 aromatic rings. The molecule has 1 fully saturated rings. The number of H-pyrrole nitrogens is 1. The van der Waals surface area contributed by atoms with Crippen molar-refractivity contribution >= 4 is 40.8 Å². The van der Waals surface area contributed by atoms with Crippen LogP contribution in [0.2, 0.25) is 0 Å². The fraction of sp³-hybridized carbons (Fsp3) is 0.400. The second-order valence-corrected chi connectivity index (χ2v) is 7.99. The van der Waals surface area contributed by atoms with Crippen molar-refractivity contribution < 1.29 is 4.74 Å². The summed E-state index contributed by atoms with van der Waals surface area (Å²) >= 11 is 0. The Bertz CT molecular complexity index is 964. The molecule has 1 aromatic heterocycles. The molecule has 3 N–H and O–H groups in total. The largest absolute Gasteiger partial charge is 0.381 e. The minimum absolute atomic E-state index is 0. The Morgan fingerprint density at radius 3 is 2.55 bits per heavy atom. The molecule has 5 nitrogen and oxygen atoms in total. The average Bonchev–Trinajstić information content (AvgIpc) is 3.22. The summed E-state index contributed by atoms with van der Waals surface area (Å²) in [5, 5.41) is 8.23. The number of para-hydroxylation sites is 1. The van der Waals surface area contributed by atoms with Crippen LogP contribution in [0.1, 0.15) is 30.9 Å². The van der Waals surface area contributed by atoms with Gasteiger partial charge in [0, 0.05) is 48.8 Å². The fourth-order valence-corrected chi connectivity index (χ4v) is 4.32. The average molecular weight is 532 g/mol. The summed E-state index contributed by atoms with van der Waals surface area (Å²) in [6, 6.07) is 19.3. The zero-order valence-electron chi connectivity index (χ0n) is 18.2.